The number of anilines is 4. The van der Waals surface area contributed by atoms with Crippen molar-refractivity contribution in [3.63, 3.8) is 0 Å². The van der Waals surface area contributed by atoms with E-state index < -0.39 is 6.04 Å². The normalized spacial score (nSPS) is 14.7. The third-order valence-electron chi connectivity index (χ3n) is 4.56. The number of nitrogens with one attached hydrogen (secondary N) is 3. The van der Waals surface area contributed by atoms with Crippen molar-refractivity contribution < 1.29 is 9.50 Å². The lowest BCUT2D eigenvalue weighted by atomic mass is 10.1. The van der Waals surface area contributed by atoms with E-state index in [4.69, 9.17) is 5.73 Å². The van der Waals surface area contributed by atoms with Crippen LogP contribution in [0.2, 0.25) is 0 Å². The fourth-order valence-corrected chi connectivity index (χ4v) is 2.88. The summed E-state index contributed by atoms with van der Waals surface area (Å²) in [5, 5.41) is 23.2. The van der Waals surface area contributed by atoms with Gasteiger partial charge < -0.3 is 21.5 Å². The molecule has 0 aliphatic heterocycles. The minimum atomic E-state index is -0.415. The Morgan fingerprint density at radius 2 is 1.96 bits per heavy atom. The Morgan fingerprint density at radius 3 is 2.67 bits per heavy atom. The molecule has 3 aromatic rings. The quantitative estimate of drug-likeness (QED) is 0.437. The number of aromatic nitrogens is 3. The van der Waals surface area contributed by atoms with Crippen LogP contribution in [0.25, 0.3) is 0 Å². The zero-order valence-electron chi connectivity index (χ0n) is 14.6. The summed E-state index contributed by atoms with van der Waals surface area (Å²) >= 11 is 0. The van der Waals surface area contributed by atoms with Crippen molar-refractivity contribution in [3.8, 4) is 0 Å². The van der Waals surface area contributed by atoms with Gasteiger partial charge in [-0.1, -0.05) is 12.1 Å². The number of benzene rings is 1. The van der Waals surface area contributed by atoms with Crippen molar-refractivity contribution in [2.45, 2.75) is 24.8 Å². The second-order valence-corrected chi connectivity index (χ2v) is 6.67. The van der Waals surface area contributed by atoms with Crippen LogP contribution in [-0.2, 0) is 0 Å². The summed E-state index contributed by atoms with van der Waals surface area (Å²) in [6.45, 7) is -0.162. The van der Waals surface area contributed by atoms with E-state index in [2.05, 4.69) is 25.8 Å². The maximum Gasteiger partial charge on any atom is 0.157 e. The fourth-order valence-electron chi connectivity index (χ4n) is 2.88. The highest BCUT2D eigenvalue weighted by atomic mass is 19.1. The van der Waals surface area contributed by atoms with Gasteiger partial charge in [-0.15, -0.1) is 0 Å². The SMILES string of the molecule is Nc1ccc(NC(CO)c2ccc(F)cc2)nc1Nc1cc(C2CC2)[nH]n1. The number of aliphatic hydroxyl groups is 1. The van der Waals surface area contributed by atoms with Crippen LogP contribution < -0.4 is 16.4 Å². The number of aromatic amines is 1. The van der Waals surface area contributed by atoms with E-state index in [1.807, 2.05) is 6.07 Å². The van der Waals surface area contributed by atoms with Crippen molar-refractivity contribution in [1.82, 2.24) is 15.2 Å². The zero-order valence-corrected chi connectivity index (χ0v) is 14.6. The highest BCUT2D eigenvalue weighted by Crippen LogP contribution is 2.39. The standard InChI is InChI=1S/C19H21FN6O/c20-13-5-3-12(4-6-13)16(10-27)22-17-8-7-14(21)19(23-17)24-18-9-15(25-26-18)11-1-2-11/h3-9,11,16,27H,1-2,10,21H2,(H3,22,23,24,25,26). The molecule has 0 radical (unpaired) electrons. The van der Waals surface area contributed by atoms with Crippen LogP contribution in [0.4, 0.5) is 27.5 Å². The number of pyridine rings is 1. The van der Waals surface area contributed by atoms with Gasteiger partial charge in [-0.05, 0) is 42.7 Å². The molecule has 2 aromatic heterocycles. The lowest BCUT2D eigenvalue weighted by molar-refractivity contribution is 0.276. The molecule has 0 saturated heterocycles. The Kier molecular flexibility index (Phi) is 4.64. The maximum atomic E-state index is 13.1. The first-order chi connectivity index (χ1) is 13.1. The third-order valence-corrected chi connectivity index (χ3v) is 4.56. The van der Waals surface area contributed by atoms with E-state index in [1.54, 1.807) is 24.3 Å². The van der Waals surface area contributed by atoms with E-state index in [1.165, 1.54) is 25.0 Å². The summed E-state index contributed by atoms with van der Waals surface area (Å²) < 4.78 is 13.1. The number of halogens is 1. The first-order valence-electron chi connectivity index (χ1n) is 8.84. The summed E-state index contributed by atoms with van der Waals surface area (Å²) in [5.74, 6) is 1.92. The molecule has 1 aliphatic rings. The van der Waals surface area contributed by atoms with Crippen LogP contribution in [-0.4, -0.2) is 26.9 Å². The molecule has 6 N–H and O–H groups in total. The van der Waals surface area contributed by atoms with Gasteiger partial charge in [0.25, 0.3) is 0 Å². The van der Waals surface area contributed by atoms with Gasteiger partial charge in [0.2, 0.25) is 0 Å². The summed E-state index contributed by atoms with van der Waals surface area (Å²) in [6, 6.07) is 11.0. The van der Waals surface area contributed by atoms with E-state index in [-0.39, 0.29) is 12.4 Å². The molecule has 1 saturated carbocycles. The average Bonchev–Trinajstić information content (AvgIpc) is 3.42. The topological polar surface area (TPSA) is 112 Å². The second kappa shape index (κ2) is 7.24. The molecule has 0 bridgehead atoms. The van der Waals surface area contributed by atoms with Crippen LogP contribution in [0, 0.1) is 5.82 Å². The number of H-pyrrole nitrogens is 1. The molecule has 27 heavy (non-hydrogen) atoms. The highest BCUT2D eigenvalue weighted by molar-refractivity contribution is 5.69. The zero-order chi connectivity index (χ0) is 18.8. The first-order valence-corrected chi connectivity index (χ1v) is 8.84. The Bertz CT molecular complexity index is 922. The molecule has 4 rings (SSSR count). The fraction of sp³-hybridized carbons (Fsp3) is 0.263. The molecule has 2 heterocycles. The van der Waals surface area contributed by atoms with Gasteiger partial charge in [-0.2, -0.15) is 5.10 Å². The number of aliphatic hydroxyl groups excluding tert-OH is 1. The minimum absolute atomic E-state index is 0.162. The summed E-state index contributed by atoms with van der Waals surface area (Å²) in [7, 11) is 0. The highest BCUT2D eigenvalue weighted by Gasteiger charge is 2.25. The van der Waals surface area contributed by atoms with E-state index in [0.717, 1.165) is 11.3 Å². The van der Waals surface area contributed by atoms with Crippen molar-refractivity contribution in [2.24, 2.45) is 0 Å². The van der Waals surface area contributed by atoms with Gasteiger partial charge in [0, 0.05) is 17.7 Å². The van der Waals surface area contributed by atoms with Crippen molar-refractivity contribution >= 4 is 23.1 Å². The summed E-state index contributed by atoms with van der Waals surface area (Å²) in [6.07, 6.45) is 2.38. The van der Waals surface area contributed by atoms with Crippen LogP contribution in [0.15, 0.2) is 42.5 Å². The van der Waals surface area contributed by atoms with Gasteiger partial charge in [0.1, 0.15) is 11.6 Å². The molecule has 1 aromatic carbocycles. The van der Waals surface area contributed by atoms with E-state index in [0.29, 0.717) is 29.1 Å². The Morgan fingerprint density at radius 1 is 1.19 bits per heavy atom. The molecular formula is C19H21FN6O. The molecule has 8 heteroatoms. The maximum absolute atomic E-state index is 13.1. The third kappa shape index (κ3) is 4.01. The molecule has 0 spiro atoms. The molecule has 1 unspecified atom stereocenters. The lowest BCUT2D eigenvalue weighted by Gasteiger charge is -2.18. The minimum Gasteiger partial charge on any atom is -0.396 e. The van der Waals surface area contributed by atoms with E-state index >= 15 is 0 Å². The predicted octanol–water partition coefficient (Wildman–Crippen LogP) is 3.29. The molecule has 1 fully saturated rings. The number of hydrogen-bond acceptors (Lipinski definition) is 6. The second-order valence-electron chi connectivity index (χ2n) is 6.67. The van der Waals surface area contributed by atoms with Crippen molar-refractivity contribution in [3.05, 3.63) is 59.5 Å². The summed E-state index contributed by atoms with van der Waals surface area (Å²) in [4.78, 5) is 4.48. The number of nitrogen functional groups attached to an aromatic ring is 1. The molecule has 0 amide bonds. The van der Waals surface area contributed by atoms with Crippen LogP contribution in [0.3, 0.4) is 0 Å². The van der Waals surface area contributed by atoms with Gasteiger partial charge in [-0.3, -0.25) is 5.10 Å². The monoisotopic (exact) mass is 368 g/mol. The van der Waals surface area contributed by atoms with Crippen molar-refractivity contribution in [2.75, 3.05) is 23.0 Å². The Labute approximate surface area is 155 Å². The predicted molar refractivity (Wildman–Crippen MR) is 102 cm³/mol. The van der Waals surface area contributed by atoms with Gasteiger partial charge in [0.15, 0.2) is 11.6 Å². The summed E-state index contributed by atoms with van der Waals surface area (Å²) in [5.41, 5.74) is 8.38. The number of nitrogens with two attached hydrogens (primary N) is 1. The smallest absolute Gasteiger partial charge is 0.157 e. The van der Waals surface area contributed by atoms with Crippen LogP contribution >= 0.6 is 0 Å². The Balaban J connectivity index is 1.51. The van der Waals surface area contributed by atoms with Crippen LogP contribution in [0.5, 0.6) is 0 Å². The first kappa shape index (κ1) is 17.3. The number of hydrogen-bond donors (Lipinski definition) is 5. The van der Waals surface area contributed by atoms with Crippen LogP contribution in [0.1, 0.15) is 36.1 Å². The van der Waals surface area contributed by atoms with Gasteiger partial charge in [-0.25, -0.2) is 9.37 Å². The number of rotatable bonds is 7. The molecule has 1 aliphatic carbocycles. The van der Waals surface area contributed by atoms with Crippen molar-refractivity contribution in [1.29, 1.82) is 0 Å². The average molecular weight is 368 g/mol. The molecule has 1 atom stereocenters. The molecule has 140 valence electrons. The Hall–Kier alpha value is -3.13. The van der Waals surface area contributed by atoms with E-state index in [9.17, 15) is 9.50 Å². The lowest BCUT2D eigenvalue weighted by Crippen LogP contribution is -2.16. The molecule has 7 nitrogen and oxygen atoms in total. The number of nitrogens with zero attached hydrogens (tertiary/aromatic N) is 2. The van der Waals surface area contributed by atoms with Gasteiger partial charge in [0.05, 0.1) is 18.3 Å². The molecular weight excluding hydrogens is 347 g/mol. The largest absolute Gasteiger partial charge is 0.396 e. The van der Waals surface area contributed by atoms with Gasteiger partial charge >= 0.3 is 0 Å².